The van der Waals surface area contributed by atoms with Crippen molar-refractivity contribution in [3.05, 3.63) is 17.8 Å². The molecule has 0 bridgehead atoms. The Morgan fingerprint density at radius 3 is 2.62 bits per heavy atom. The summed E-state index contributed by atoms with van der Waals surface area (Å²) in [5.41, 5.74) is 6.09. The maximum absolute atomic E-state index is 12.4. The van der Waals surface area contributed by atoms with Crippen molar-refractivity contribution in [3.8, 4) is 5.88 Å². The fraction of sp³-hybridized carbons (Fsp3) is 0.533. The molecule has 1 aromatic rings. The van der Waals surface area contributed by atoms with Gasteiger partial charge in [-0.2, -0.15) is 0 Å². The Morgan fingerprint density at radius 1 is 1.38 bits per heavy atom. The molecule has 1 saturated carbocycles. The topological polar surface area (TPSA) is 106 Å². The van der Waals surface area contributed by atoms with Gasteiger partial charge in [-0.3, -0.25) is 9.59 Å². The number of rotatable bonds is 4. The predicted molar refractivity (Wildman–Crippen MR) is 95.1 cm³/mol. The Morgan fingerprint density at radius 2 is 2.04 bits per heavy atom. The van der Waals surface area contributed by atoms with Crippen molar-refractivity contribution in [1.29, 1.82) is 0 Å². The number of nitrogens with zero attached hydrogens (tertiary/aromatic N) is 1. The van der Waals surface area contributed by atoms with Gasteiger partial charge < -0.3 is 21.1 Å². The predicted octanol–water partition coefficient (Wildman–Crippen LogP) is 1.36. The van der Waals surface area contributed by atoms with E-state index in [9.17, 15) is 9.59 Å². The summed E-state index contributed by atoms with van der Waals surface area (Å²) in [4.78, 5) is 27.8. The fourth-order valence-electron chi connectivity index (χ4n) is 3.28. The highest BCUT2D eigenvalue weighted by molar-refractivity contribution is 5.99. The lowest BCUT2D eigenvalue weighted by molar-refractivity contribution is -0.118. The number of amides is 2. The zero-order chi connectivity index (χ0) is 15.7. The molecule has 134 valence electrons. The molecular formula is C15H22Cl2N4O3. The van der Waals surface area contributed by atoms with Crippen molar-refractivity contribution in [2.24, 2.45) is 17.1 Å². The molecule has 9 heteroatoms. The number of carbonyl (C=O) groups is 2. The van der Waals surface area contributed by atoms with Gasteiger partial charge >= 0.3 is 0 Å². The fourth-order valence-corrected chi connectivity index (χ4v) is 3.28. The lowest BCUT2D eigenvalue weighted by atomic mass is 9.92. The van der Waals surface area contributed by atoms with E-state index in [1.807, 2.05) is 0 Å². The molecule has 2 fully saturated rings. The minimum atomic E-state index is -0.637. The Bertz CT molecular complexity index is 621. The van der Waals surface area contributed by atoms with Gasteiger partial charge in [0.2, 0.25) is 11.8 Å². The summed E-state index contributed by atoms with van der Waals surface area (Å²) in [5.74, 6) is -0.438. The van der Waals surface area contributed by atoms with Crippen LogP contribution in [0.5, 0.6) is 5.88 Å². The van der Waals surface area contributed by atoms with E-state index in [2.05, 4.69) is 15.6 Å². The first-order valence-electron chi connectivity index (χ1n) is 7.41. The van der Waals surface area contributed by atoms with E-state index in [0.29, 0.717) is 5.69 Å². The third kappa shape index (κ3) is 3.91. The van der Waals surface area contributed by atoms with E-state index in [1.165, 1.54) is 19.4 Å². The second kappa shape index (κ2) is 8.00. The van der Waals surface area contributed by atoms with Crippen LogP contribution in [0.3, 0.4) is 0 Å². The van der Waals surface area contributed by atoms with E-state index >= 15 is 0 Å². The van der Waals surface area contributed by atoms with E-state index in [0.717, 1.165) is 32.4 Å². The van der Waals surface area contributed by atoms with Gasteiger partial charge in [-0.05, 0) is 43.8 Å². The highest BCUT2D eigenvalue weighted by Crippen LogP contribution is 2.58. The zero-order valence-corrected chi connectivity index (χ0v) is 15.0. The van der Waals surface area contributed by atoms with Crippen molar-refractivity contribution >= 4 is 42.3 Å². The number of pyridine rings is 1. The van der Waals surface area contributed by atoms with E-state index in [1.54, 1.807) is 0 Å². The second-order valence-corrected chi connectivity index (χ2v) is 6.00. The van der Waals surface area contributed by atoms with Crippen LogP contribution in [-0.2, 0) is 4.79 Å². The summed E-state index contributed by atoms with van der Waals surface area (Å²) in [6, 6.07) is 1.50. The minimum absolute atomic E-state index is 0. The molecule has 1 spiro atoms. The molecule has 1 saturated heterocycles. The molecule has 4 N–H and O–H groups in total. The molecule has 3 rings (SSSR count). The molecule has 1 aliphatic carbocycles. The normalized spacial score (nSPS) is 20.3. The van der Waals surface area contributed by atoms with Crippen LogP contribution in [0.4, 0.5) is 5.69 Å². The molecule has 2 amide bonds. The number of aromatic nitrogens is 1. The van der Waals surface area contributed by atoms with E-state index < -0.39 is 5.91 Å². The molecule has 24 heavy (non-hydrogen) atoms. The number of piperidine rings is 1. The van der Waals surface area contributed by atoms with Crippen LogP contribution in [0.2, 0.25) is 0 Å². The summed E-state index contributed by atoms with van der Waals surface area (Å²) in [6.07, 6.45) is 4.49. The van der Waals surface area contributed by atoms with E-state index in [4.69, 9.17) is 10.5 Å². The summed E-state index contributed by atoms with van der Waals surface area (Å²) >= 11 is 0. The summed E-state index contributed by atoms with van der Waals surface area (Å²) in [5, 5.41) is 6.15. The maximum Gasteiger partial charge on any atom is 0.254 e. The first-order valence-corrected chi connectivity index (χ1v) is 7.41. The molecule has 1 aromatic heterocycles. The monoisotopic (exact) mass is 376 g/mol. The SMILES string of the molecule is COc1ncc(NC(=O)C2CC23CCNCC3)cc1C(N)=O.Cl.Cl. The molecule has 7 nitrogen and oxygen atoms in total. The molecular weight excluding hydrogens is 355 g/mol. The molecule has 1 unspecified atom stereocenters. The standard InChI is InChI=1S/C15H20N4O3.2ClH/c1-22-14-10(12(16)20)6-9(8-18-14)19-13(21)11-7-15(11)2-4-17-5-3-15;;/h6,8,11,17H,2-5,7H2,1H3,(H2,16,20)(H,19,21);2*1H. The van der Waals surface area contributed by atoms with Gasteiger partial charge in [0.1, 0.15) is 5.56 Å². The quantitative estimate of drug-likeness (QED) is 0.735. The summed E-state index contributed by atoms with van der Waals surface area (Å²) in [7, 11) is 1.41. The number of nitrogens with one attached hydrogen (secondary N) is 2. The smallest absolute Gasteiger partial charge is 0.254 e. The van der Waals surface area contributed by atoms with Gasteiger partial charge in [0.15, 0.2) is 0 Å². The number of ether oxygens (including phenoxy) is 1. The number of carbonyl (C=O) groups excluding carboxylic acids is 2. The number of hydrogen-bond acceptors (Lipinski definition) is 5. The Kier molecular flexibility index (Phi) is 6.83. The molecule has 1 aliphatic heterocycles. The van der Waals surface area contributed by atoms with Crippen molar-refractivity contribution in [3.63, 3.8) is 0 Å². The van der Waals surface area contributed by atoms with Gasteiger partial charge in [-0.25, -0.2) is 4.98 Å². The first-order chi connectivity index (χ1) is 10.6. The molecule has 2 heterocycles. The van der Waals surface area contributed by atoms with Gasteiger partial charge in [0, 0.05) is 5.92 Å². The molecule has 2 aliphatic rings. The van der Waals surface area contributed by atoms with Crippen LogP contribution in [0.25, 0.3) is 0 Å². The van der Waals surface area contributed by atoms with E-state index in [-0.39, 0.29) is 53.5 Å². The summed E-state index contributed by atoms with van der Waals surface area (Å²) in [6.45, 7) is 1.94. The highest BCUT2D eigenvalue weighted by Gasteiger charge is 2.57. The van der Waals surface area contributed by atoms with Crippen LogP contribution < -0.4 is 21.1 Å². The van der Waals surface area contributed by atoms with Gasteiger partial charge in [0.25, 0.3) is 5.91 Å². The molecule has 0 radical (unpaired) electrons. The summed E-state index contributed by atoms with van der Waals surface area (Å²) < 4.78 is 4.98. The van der Waals surface area contributed by atoms with Gasteiger partial charge in [0.05, 0.1) is 19.0 Å². The third-order valence-corrected chi connectivity index (χ3v) is 4.68. The average Bonchev–Trinajstić information content (AvgIpc) is 3.21. The van der Waals surface area contributed by atoms with Crippen LogP contribution in [0, 0.1) is 11.3 Å². The van der Waals surface area contributed by atoms with Crippen molar-refractivity contribution in [1.82, 2.24) is 10.3 Å². The number of primary amides is 1. The molecule has 1 atom stereocenters. The largest absolute Gasteiger partial charge is 0.480 e. The maximum atomic E-state index is 12.4. The van der Waals surface area contributed by atoms with Crippen molar-refractivity contribution < 1.29 is 14.3 Å². The minimum Gasteiger partial charge on any atom is -0.480 e. The number of anilines is 1. The van der Waals surface area contributed by atoms with Gasteiger partial charge in [-0.1, -0.05) is 0 Å². The van der Waals surface area contributed by atoms with Crippen LogP contribution in [0.1, 0.15) is 29.6 Å². The third-order valence-electron chi connectivity index (χ3n) is 4.68. The highest BCUT2D eigenvalue weighted by atomic mass is 35.5. The van der Waals surface area contributed by atoms with Crippen molar-refractivity contribution in [2.45, 2.75) is 19.3 Å². The number of halogens is 2. The Hall–Kier alpha value is -1.57. The number of methoxy groups -OCH3 is 1. The van der Waals surface area contributed by atoms with Crippen LogP contribution in [-0.4, -0.2) is 37.0 Å². The van der Waals surface area contributed by atoms with Crippen LogP contribution in [0.15, 0.2) is 12.3 Å². The number of hydrogen-bond donors (Lipinski definition) is 3. The van der Waals surface area contributed by atoms with Crippen molar-refractivity contribution in [2.75, 3.05) is 25.5 Å². The van der Waals surface area contributed by atoms with Gasteiger partial charge in [-0.15, -0.1) is 24.8 Å². The lowest BCUT2D eigenvalue weighted by Crippen LogP contribution is -2.31. The Labute approximate surface area is 152 Å². The molecule has 0 aromatic carbocycles. The Balaban J connectivity index is 0.00000144. The first kappa shape index (κ1) is 20.5. The lowest BCUT2D eigenvalue weighted by Gasteiger charge is -2.23. The van der Waals surface area contributed by atoms with Crippen LogP contribution >= 0.6 is 24.8 Å². The average molecular weight is 377 g/mol. The number of nitrogens with two attached hydrogens (primary N) is 1. The zero-order valence-electron chi connectivity index (χ0n) is 13.3. The second-order valence-electron chi connectivity index (χ2n) is 6.00.